The average Bonchev–Trinajstić information content (AvgIpc) is 2.09. The van der Waals surface area contributed by atoms with Crippen molar-refractivity contribution in [3.05, 3.63) is 0 Å². The monoisotopic (exact) mass is 174 g/mol. The van der Waals surface area contributed by atoms with Crippen molar-refractivity contribution in [1.29, 1.82) is 0 Å². The highest BCUT2D eigenvalue weighted by atomic mass is 16.6. The van der Waals surface area contributed by atoms with Gasteiger partial charge >= 0.3 is 0 Å². The maximum Gasteiger partial charge on any atom is 0.157 e. The van der Waals surface area contributed by atoms with Crippen LogP contribution in [-0.2, 0) is 4.74 Å². The number of aliphatic hydroxyl groups is 2. The Labute approximate surface area is 73.4 Å². The molecule has 0 spiro atoms. The third-order valence-electron chi connectivity index (χ3n) is 2.82. The van der Waals surface area contributed by atoms with Crippen LogP contribution in [0.25, 0.3) is 0 Å². The van der Waals surface area contributed by atoms with E-state index >= 15 is 0 Å². The molecule has 1 saturated heterocycles. The van der Waals surface area contributed by atoms with Gasteiger partial charge in [0, 0.05) is 5.92 Å². The second kappa shape index (κ2) is 4.21. The van der Waals surface area contributed by atoms with Gasteiger partial charge in [0.25, 0.3) is 0 Å². The third kappa shape index (κ3) is 1.97. The first-order chi connectivity index (χ1) is 5.69. The fraction of sp³-hybridized carbons (Fsp3) is 1.00. The quantitative estimate of drug-likeness (QED) is 0.649. The molecule has 2 N–H and O–H groups in total. The molecular formula is C9H18O3. The lowest BCUT2D eigenvalue weighted by molar-refractivity contribution is -0.214. The zero-order valence-electron chi connectivity index (χ0n) is 7.73. The van der Waals surface area contributed by atoms with E-state index in [9.17, 15) is 5.11 Å². The Kier molecular flexibility index (Phi) is 3.50. The summed E-state index contributed by atoms with van der Waals surface area (Å²) in [7, 11) is 0. The molecule has 1 heterocycles. The maximum absolute atomic E-state index is 9.45. The SMILES string of the molecule is CC[C@H]1C[C@@H](CO)OC(O)[C@@H]1C. The largest absolute Gasteiger partial charge is 0.394 e. The van der Waals surface area contributed by atoms with Crippen LogP contribution in [0.1, 0.15) is 26.7 Å². The Hall–Kier alpha value is -0.120. The first kappa shape index (κ1) is 9.96. The number of hydrogen-bond donors (Lipinski definition) is 2. The molecule has 0 amide bonds. The molecule has 0 aromatic rings. The predicted octanol–water partition coefficient (Wildman–Crippen LogP) is 0.748. The minimum Gasteiger partial charge on any atom is -0.394 e. The number of hydrogen-bond acceptors (Lipinski definition) is 3. The van der Waals surface area contributed by atoms with Gasteiger partial charge in [0.1, 0.15) is 0 Å². The highest BCUT2D eigenvalue weighted by Gasteiger charge is 2.33. The molecule has 72 valence electrons. The van der Waals surface area contributed by atoms with Gasteiger partial charge in [-0.05, 0) is 12.3 Å². The third-order valence-corrected chi connectivity index (χ3v) is 2.82. The van der Waals surface area contributed by atoms with Crippen molar-refractivity contribution in [1.82, 2.24) is 0 Å². The molecular weight excluding hydrogens is 156 g/mol. The van der Waals surface area contributed by atoms with Gasteiger partial charge in [0.15, 0.2) is 6.29 Å². The van der Waals surface area contributed by atoms with Crippen molar-refractivity contribution in [2.45, 2.75) is 39.1 Å². The average molecular weight is 174 g/mol. The second-order valence-corrected chi connectivity index (χ2v) is 3.59. The smallest absolute Gasteiger partial charge is 0.157 e. The Bertz CT molecular complexity index is 138. The van der Waals surface area contributed by atoms with Crippen LogP contribution in [0.4, 0.5) is 0 Å². The van der Waals surface area contributed by atoms with Crippen LogP contribution in [-0.4, -0.2) is 29.2 Å². The van der Waals surface area contributed by atoms with E-state index in [1.807, 2.05) is 6.92 Å². The number of aliphatic hydroxyl groups excluding tert-OH is 2. The topological polar surface area (TPSA) is 49.7 Å². The van der Waals surface area contributed by atoms with Gasteiger partial charge in [-0.2, -0.15) is 0 Å². The van der Waals surface area contributed by atoms with E-state index in [0.717, 1.165) is 12.8 Å². The fourth-order valence-electron chi connectivity index (χ4n) is 1.82. The van der Waals surface area contributed by atoms with E-state index in [4.69, 9.17) is 9.84 Å². The molecule has 0 aromatic carbocycles. The highest BCUT2D eigenvalue weighted by molar-refractivity contribution is 4.77. The van der Waals surface area contributed by atoms with Crippen LogP contribution in [0.2, 0.25) is 0 Å². The number of ether oxygens (including phenoxy) is 1. The molecule has 1 unspecified atom stereocenters. The van der Waals surface area contributed by atoms with Crippen molar-refractivity contribution < 1.29 is 14.9 Å². The van der Waals surface area contributed by atoms with Gasteiger partial charge in [-0.3, -0.25) is 0 Å². The molecule has 3 nitrogen and oxygen atoms in total. The van der Waals surface area contributed by atoms with Crippen LogP contribution >= 0.6 is 0 Å². The summed E-state index contributed by atoms with van der Waals surface area (Å²) in [5.74, 6) is 0.670. The van der Waals surface area contributed by atoms with Crippen molar-refractivity contribution in [2.24, 2.45) is 11.8 Å². The van der Waals surface area contributed by atoms with Crippen molar-refractivity contribution >= 4 is 0 Å². The van der Waals surface area contributed by atoms with Crippen molar-refractivity contribution in [2.75, 3.05) is 6.61 Å². The zero-order valence-corrected chi connectivity index (χ0v) is 7.73. The summed E-state index contributed by atoms with van der Waals surface area (Å²) in [5.41, 5.74) is 0. The van der Waals surface area contributed by atoms with Crippen LogP contribution in [0.3, 0.4) is 0 Å². The van der Waals surface area contributed by atoms with Gasteiger partial charge < -0.3 is 14.9 Å². The minimum atomic E-state index is -0.694. The van der Waals surface area contributed by atoms with Crippen molar-refractivity contribution in [3.8, 4) is 0 Å². The number of rotatable bonds is 2. The lowest BCUT2D eigenvalue weighted by Gasteiger charge is -2.36. The summed E-state index contributed by atoms with van der Waals surface area (Å²) in [6, 6.07) is 0. The molecule has 1 rings (SSSR count). The first-order valence-corrected chi connectivity index (χ1v) is 4.63. The molecule has 1 aliphatic heterocycles. The summed E-state index contributed by atoms with van der Waals surface area (Å²) in [6.07, 6.45) is 1.05. The molecule has 0 aromatic heterocycles. The molecule has 0 bridgehead atoms. The van der Waals surface area contributed by atoms with Crippen LogP contribution in [0, 0.1) is 11.8 Å². The Morgan fingerprint density at radius 3 is 2.67 bits per heavy atom. The van der Waals surface area contributed by atoms with Gasteiger partial charge in [0.2, 0.25) is 0 Å². The van der Waals surface area contributed by atoms with E-state index < -0.39 is 6.29 Å². The lowest BCUT2D eigenvalue weighted by atomic mass is 9.84. The van der Waals surface area contributed by atoms with Gasteiger partial charge in [-0.15, -0.1) is 0 Å². The molecule has 4 atom stereocenters. The summed E-state index contributed by atoms with van der Waals surface area (Å²) in [6.45, 7) is 4.11. The van der Waals surface area contributed by atoms with E-state index in [0.29, 0.717) is 5.92 Å². The van der Waals surface area contributed by atoms with Crippen molar-refractivity contribution in [3.63, 3.8) is 0 Å². The van der Waals surface area contributed by atoms with Crippen LogP contribution in [0.15, 0.2) is 0 Å². The lowest BCUT2D eigenvalue weighted by Crippen LogP contribution is -2.40. The first-order valence-electron chi connectivity index (χ1n) is 4.63. The second-order valence-electron chi connectivity index (χ2n) is 3.59. The molecule has 0 radical (unpaired) electrons. The molecule has 0 aliphatic carbocycles. The molecule has 1 aliphatic rings. The zero-order chi connectivity index (χ0) is 9.14. The molecule has 1 fully saturated rings. The van der Waals surface area contributed by atoms with E-state index in [1.54, 1.807) is 0 Å². The molecule has 0 saturated carbocycles. The van der Waals surface area contributed by atoms with Crippen LogP contribution < -0.4 is 0 Å². The normalized spacial score (nSPS) is 43.0. The van der Waals surface area contributed by atoms with Gasteiger partial charge in [0.05, 0.1) is 12.7 Å². The van der Waals surface area contributed by atoms with Gasteiger partial charge in [-0.1, -0.05) is 20.3 Å². The minimum absolute atomic E-state index is 0.0142. The Morgan fingerprint density at radius 1 is 1.50 bits per heavy atom. The predicted molar refractivity (Wildman–Crippen MR) is 45.5 cm³/mol. The summed E-state index contributed by atoms with van der Waals surface area (Å²) < 4.78 is 5.19. The van der Waals surface area contributed by atoms with E-state index in [1.165, 1.54) is 0 Å². The van der Waals surface area contributed by atoms with Gasteiger partial charge in [-0.25, -0.2) is 0 Å². The summed E-state index contributed by atoms with van der Waals surface area (Å²) in [4.78, 5) is 0. The highest BCUT2D eigenvalue weighted by Crippen LogP contribution is 2.31. The standard InChI is InChI=1S/C9H18O3/c1-3-7-4-8(5-10)12-9(11)6(7)2/h6-11H,3-5H2,1-2H3/t6-,7+,8+,9?/m1/s1. The summed E-state index contributed by atoms with van der Waals surface area (Å²) in [5, 5.41) is 18.3. The van der Waals surface area contributed by atoms with E-state index in [-0.39, 0.29) is 18.6 Å². The Balaban J connectivity index is 2.52. The Morgan fingerprint density at radius 2 is 2.17 bits per heavy atom. The van der Waals surface area contributed by atoms with Crippen LogP contribution in [0.5, 0.6) is 0 Å². The maximum atomic E-state index is 9.45. The molecule has 3 heteroatoms. The molecule has 12 heavy (non-hydrogen) atoms. The fourth-order valence-corrected chi connectivity index (χ4v) is 1.82. The summed E-state index contributed by atoms with van der Waals surface area (Å²) >= 11 is 0. The van der Waals surface area contributed by atoms with E-state index in [2.05, 4.69) is 6.92 Å².